The Morgan fingerprint density at radius 3 is 2.84 bits per heavy atom. The van der Waals surface area contributed by atoms with Gasteiger partial charge in [-0.15, -0.1) is 0 Å². The highest BCUT2D eigenvalue weighted by Crippen LogP contribution is 2.36. The van der Waals surface area contributed by atoms with Crippen LogP contribution in [-0.4, -0.2) is 24.5 Å². The first-order valence-electron chi connectivity index (χ1n) is 7.37. The highest BCUT2D eigenvalue weighted by molar-refractivity contribution is 5.30. The summed E-state index contributed by atoms with van der Waals surface area (Å²) in [4.78, 5) is 2.46. The number of nitrogens with two attached hydrogens (primary N) is 1. The van der Waals surface area contributed by atoms with Crippen molar-refractivity contribution in [1.29, 1.82) is 0 Å². The zero-order chi connectivity index (χ0) is 13.8. The number of likely N-dealkylation sites (tertiary alicyclic amines) is 1. The summed E-state index contributed by atoms with van der Waals surface area (Å²) in [5.41, 5.74) is 8.28. The van der Waals surface area contributed by atoms with E-state index in [-0.39, 0.29) is 11.9 Å². The molecular weight excluding hydrogens is 239 g/mol. The molecule has 1 fully saturated rings. The van der Waals surface area contributed by atoms with Crippen LogP contribution < -0.4 is 5.73 Å². The second kappa shape index (κ2) is 6.49. The van der Waals surface area contributed by atoms with Crippen molar-refractivity contribution in [2.75, 3.05) is 19.6 Å². The third-order valence-corrected chi connectivity index (χ3v) is 4.38. The molecule has 2 unspecified atom stereocenters. The van der Waals surface area contributed by atoms with Crippen LogP contribution >= 0.6 is 0 Å². The molecule has 0 aliphatic carbocycles. The van der Waals surface area contributed by atoms with E-state index in [4.69, 9.17) is 5.73 Å². The zero-order valence-corrected chi connectivity index (χ0v) is 12.0. The number of benzene rings is 1. The van der Waals surface area contributed by atoms with E-state index in [1.165, 1.54) is 18.4 Å². The molecule has 2 atom stereocenters. The molecule has 2 nitrogen and oxygen atoms in total. The summed E-state index contributed by atoms with van der Waals surface area (Å²) in [7, 11) is 0. The lowest BCUT2D eigenvalue weighted by atomic mass is 9.87. The molecule has 1 aromatic carbocycles. The van der Waals surface area contributed by atoms with Crippen molar-refractivity contribution in [1.82, 2.24) is 4.90 Å². The van der Waals surface area contributed by atoms with Gasteiger partial charge in [-0.1, -0.05) is 19.4 Å². The molecule has 0 radical (unpaired) electrons. The van der Waals surface area contributed by atoms with Crippen LogP contribution in [0.4, 0.5) is 4.39 Å². The van der Waals surface area contributed by atoms with E-state index in [1.54, 1.807) is 12.1 Å². The Labute approximate surface area is 115 Å². The molecule has 0 aromatic heterocycles. The normalized spacial score (nSPS) is 25.3. The van der Waals surface area contributed by atoms with Gasteiger partial charge in [0.1, 0.15) is 5.82 Å². The van der Waals surface area contributed by atoms with Gasteiger partial charge in [0.25, 0.3) is 0 Å². The predicted octanol–water partition coefficient (Wildman–Crippen LogP) is 3.26. The number of rotatable bonds is 3. The van der Waals surface area contributed by atoms with Crippen LogP contribution in [0.1, 0.15) is 43.4 Å². The molecule has 0 saturated carbocycles. The van der Waals surface area contributed by atoms with Crippen LogP contribution in [-0.2, 0) is 0 Å². The van der Waals surface area contributed by atoms with Gasteiger partial charge >= 0.3 is 0 Å². The smallest absolute Gasteiger partial charge is 0.123 e. The SMILES string of the molecule is CCN1CCCCC(CN)C1c1cc(F)ccc1C. The van der Waals surface area contributed by atoms with Crippen molar-refractivity contribution in [3.05, 3.63) is 35.1 Å². The van der Waals surface area contributed by atoms with Gasteiger partial charge in [-0.2, -0.15) is 0 Å². The second-order valence-corrected chi connectivity index (χ2v) is 5.57. The van der Waals surface area contributed by atoms with Crippen LogP contribution in [0.25, 0.3) is 0 Å². The summed E-state index contributed by atoms with van der Waals surface area (Å²) in [6, 6.07) is 5.41. The number of hydrogen-bond acceptors (Lipinski definition) is 2. The van der Waals surface area contributed by atoms with Crippen molar-refractivity contribution >= 4 is 0 Å². The molecule has 1 saturated heterocycles. The van der Waals surface area contributed by atoms with Crippen LogP contribution in [0.15, 0.2) is 18.2 Å². The Morgan fingerprint density at radius 2 is 2.16 bits per heavy atom. The van der Waals surface area contributed by atoms with Gasteiger partial charge < -0.3 is 5.73 Å². The molecule has 0 amide bonds. The molecule has 1 aliphatic heterocycles. The van der Waals surface area contributed by atoms with E-state index >= 15 is 0 Å². The van der Waals surface area contributed by atoms with E-state index in [2.05, 4.69) is 18.7 Å². The Kier molecular flexibility index (Phi) is 4.94. The van der Waals surface area contributed by atoms with E-state index in [0.717, 1.165) is 25.1 Å². The van der Waals surface area contributed by atoms with Gasteiger partial charge in [0, 0.05) is 6.04 Å². The molecule has 3 heteroatoms. The third kappa shape index (κ3) is 3.15. The fraction of sp³-hybridized carbons (Fsp3) is 0.625. The highest BCUT2D eigenvalue weighted by Gasteiger charge is 2.30. The largest absolute Gasteiger partial charge is 0.330 e. The topological polar surface area (TPSA) is 29.3 Å². The Balaban J connectivity index is 2.41. The molecule has 2 N–H and O–H groups in total. The fourth-order valence-electron chi connectivity index (χ4n) is 3.30. The van der Waals surface area contributed by atoms with Crippen LogP contribution in [0.2, 0.25) is 0 Å². The minimum atomic E-state index is -0.142. The average molecular weight is 264 g/mol. The van der Waals surface area contributed by atoms with Crippen molar-refractivity contribution in [3.63, 3.8) is 0 Å². The van der Waals surface area contributed by atoms with Gasteiger partial charge in [-0.25, -0.2) is 4.39 Å². The molecular formula is C16H25FN2. The standard InChI is InChI=1S/C16H25FN2/c1-3-19-9-5-4-6-13(11-18)16(19)15-10-14(17)8-7-12(15)2/h7-8,10,13,16H,3-6,9,11,18H2,1-2H3. The average Bonchev–Trinajstić information content (AvgIpc) is 2.63. The van der Waals surface area contributed by atoms with Crippen molar-refractivity contribution in [3.8, 4) is 0 Å². The zero-order valence-electron chi connectivity index (χ0n) is 12.0. The van der Waals surface area contributed by atoms with E-state index in [0.29, 0.717) is 12.5 Å². The lowest BCUT2D eigenvalue weighted by Gasteiger charge is -2.35. The van der Waals surface area contributed by atoms with E-state index in [1.807, 2.05) is 6.07 Å². The van der Waals surface area contributed by atoms with Crippen LogP contribution in [0.3, 0.4) is 0 Å². The lowest BCUT2D eigenvalue weighted by molar-refractivity contribution is 0.165. The lowest BCUT2D eigenvalue weighted by Crippen LogP contribution is -2.36. The van der Waals surface area contributed by atoms with Crippen LogP contribution in [0, 0.1) is 18.7 Å². The van der Waals surface area contributed by atoms with E-state index < -0.39 is 0 Å². The predicted molar refractivity (Wildman–Crippen MR) is 77.5 cm³/mol. The summed E-state index contributed by atoms with van der Waals surface area (Å²) in [6.07, 6.45) is 3.59. The van der Waals surface area contributed by atoms with E-state index in [9.17, 15) is 4.39 Å². The number of hydrogen-bond donors (Lipinski definition) is 1. The monoisotopic (exact) mass is 264 g/mol. The first-order chi connectivity index (χ1) is 9.17. The summed E-state index contributed by atoms with van der Waals surface area (Å²) >= 11 is 0. The summed E-state index contributed by atoms with van der Waals surface area (Å²) in [5, 5.41) is 0. The quantitative estimate of drug-likeness (QED) is 0.908. The maximum Gasteiger partial charge on any atom is 0.123 e. The molecule has 0 bridgehead atoms. The summed E-state index contributed by atoms with van der Waals surface area (Å²) in [6.45, 7) is 7.02. The first-order valence-corrected chi connectivity index (χ1v) is 7.37. The Morgan fingerprint density at radius 1 is 1.37 bits per heavy atom. The summed E-state index contributed by atoms with van der Waals surface area (Å²) in [5.74, 6) is 0.291. The van der Waals surface area contributed by atoms with Gasteiger partial charge in [-0.05, 0) is 68.6 Å². The number of nitrogens with zero attached hydrogens (tertiary/aromatic N) is 1. The third-order valence-electron chi connectivity index (χ3n) is 4.38. The highest BCUT2D eigenvalue weighted by atomic mass is 19.1. The van der Waals surface area contributed by atoms with Gasteiger partial charge in [-0.3, -0.25) is 4.90 Å². The second-order valence-electron chi connectivity index (χ2n) is 5.57. The van der Waals surface area contributed by atoms with Gasteiger partial charge in [0.15, 0.2) is 0 Å². The molecule has 19 heavy (non-hydrogen) atoms. The molecule has 1 aromatic rings. The maximum atomic E-state index is 13.6. The first kappa shape index (κ1) is 14.5. The fourth-order valence-corrected chi connectivity index (χ4v) is 3.30. The van der Waals surface area contributed by atoms with Crippen LogP contribution in [0.5, 0.6) is 0 Å². The molecule has 0 spiro atoms. The van der Waals surface area contributed by atoms with Gasteiger partial charge in [0.2, 0.25) is 0 Å². The van der Waals surface area contributed by atoms with Crippen molar-refractivity contribution < 1.29 is 4.39 Å². The molecule has 1 heterocycles. The molecule has 106 valence electrons. The molecule has 1 aliphatic rings. The Bertz CT molecular complexity index is 405. The van der Waals surface area contributed by atoms with Crippen molar-refractivity contribution in [2.24, 2.45) is 11.7 Å². The molecule has 2 rings (SSSR count). The Hall–Kier alpha value is -0.930. The van der Waals surface area contributed by atoms with Gasteiger partial charge in [0.05, 0.1) is 0 Å². The number of aryl methyl sites for hydroxylation is 1. The van der Waals surface area contributed by atoms with Crippen molar-refractivity contribution in [2.45, 2.75) is 39.2 Å². The minimum absolute atomic E-state index is 0.142. The number of halogens is 1. The maximum absolute atomic E-state index is 13.6. The minimum Gasteiger partial charge on any atom is -0.330 e. The summed E-state index contributed by atoms with van der Waals surface area (Å²) < 4.78 is 13.6.